The van der Waals surface area contributed by atoms with Crippen molar-refractivity contribution in [1.29, 1.82) is 0 Å². The SMILES string of the molecule is COc1ccc(F)cc1S(=O)(=O)N1CCC(C(=O)N(Cc2ccccc2)Cc2ccccc2)CC1. The molecule has 0 N–H and O–H groups in total. The third-order valence-corrected chi connectivity index (χ3v) is 8.21. The number of halogens is 1. The van der Waals surface area contributed by atoms with Gasteiger partial charge in [-0.2, -0.15) is 4.31 Å². The Morgan fingerprint density at radius 1 is 0.943 bits per heavy atom. The fourth-order valence-electron chi connectivity index (χ4n) is 4.41. The third-order valence-electron chi connectivity index (χ3n) is 6.29. The maximum absolute atomic E-state index is 13.8. The van der Waals surface area contributed by atoms with E-state index in [1.165, 1.54) is 17.5 Å². The van der Waals surface area contributed by atoms with Crippen LogP contribution in [0.5, 0.6) is 5.75 Å². The maximum atomic E-state index is 13.8. The Balaban J connectivity index is 1.48. The summed E-state index contributed by atoms with van der Waals surface area (Å²) >= 11 is 0. The fourth-order valence-corrected chi connectivity index (χ4v) is 6.05. The minimum Gasteiger partial charge on any atom is -0.495 e. The summed E-state index contributed by atoms with van der Waals surface area (Å²) in [6.45, 7) is 1.33. The van der Waals surface area contributed by atoms with E-state index < -0.39 is 15.8 Å². The number of rotatable bonds is 8. The van der Waals surface area contributed by atoms with Crippen LogP contribution in [0.3, 0.4) is 0 Å². The number of ether oxygens (including phenoxy) is 1. The van der Waals surface area contributed by atoms with Crippen molar-refractivity contribution >= 4 is 15.9 Å². The smallest absolute Gasteiger partial charge is 0.246 e. The van der Waals surface area contributed by atoms with Crippen LogP contribution in [0.4, 0.5) is 4.39 Å². The molecule has 1 fully saturated rings. The second kappa shape index (κ2) is 11.0. The first kappa shape index (κ1) is 24.9. The average Bonchev–Trinajstić information content (AvgIpc) is 2.89. The van der Waals surface area contributed by atoms with Crippen LogP contribution < -0.4 is 4.74 Å². The molecule has 0 aromatic heterocycles. The number of amides is 1. The Morgan fingerprint density at radius 2 is 1.49 bits per heavy atom. The standard InChI is InChI=1S/C27H29FN2O4S/c1-34-25-13-12-24(28)18-26(25)35(32,33)30-16-14-23(15-17-30)27(31)29(19-21-8-4-2-5-9-21)20-22-10-6-3-7-11-22/h2-13,18,23H,14-17,19-20H2,1H3. The lowest BCUT2D eigenvalue weighted by Crippen LogP contribution is -2.44. The predicted molar refractivity (Wildman–Crippen MR) is 132 cm³/mol. The third kappa shape index (κ3) is 5.89. The molecule has 0 spiro atoms. The van der Waals surface area contributed by atoms with Gasteiger partial charge in [0, 0.05) is 32.1 Å². The van der Waals surface area contributed by atoms with E-state index in [0.29, 0.717) is 25.9 Å². The first-order chi connectivity index (χ1) is 16.9. The zero-order chi connectivity index (χ0) is 24.8. The number of hydrogen-bond acceptors (Lipinski definition) is 4. The average molecular weight is 497 g/mol. The van der Waals surface area contributed by atoms with Crippen LogP contribution >= 0.6 is 0 Å². The Labute approximate surface area is 206 Å². The van der Waals surface area contributed by atoms with Gasteiger partial charge in [-0.3, -0.25) is 4.79 Å². The summed E-state index contributed by atoms with van der Waals surface area (Å²) in [4.78, 5) is 15.2. The van der Waals surface area contributed by atoms with Crippen LogP contribution in [0.25, 0.3) is 0 Å². The molecular weight excluding hydrogens is 467 g/mol. The molecule has 1 saturated heterocycles. The van der Waals surface area contributed by atoms with Crippen LogP contribution in [0.2, 0.25) is 0 Å². The van der Waals surface area contributed by atoms with E-state index in [9.17, 15) is 17.6 Å². The first-order valence-electron chi connectivity index (χ1n) is 11.6. The van der Waals surface area contributed by atoms with Gasteiger partial charge < -0.3 is 9.64 Å². The molecule has 0 saturated carbocycles. The van der Waals surface area contributed by atoms with Crippen LogP contribution in [-0.4, -0.2) is 43.7 Å². The highest BCUT2D eigenvalue weighted by atomic mass is 32.2. The summed E-state index contributed by atoms with van der Waals surface area (Å²) in [6.07, 6.45) is 0.797. The molecule has 0 aliphatic carbocycles. The summed E-state index contributed by atoms with van der Waals surface area (Å²) in [5.74, 6) is -0.824. The van der Waals surface area contributed by atoms with E-state index in [-0.39, 0.29) is 35.6 Å². The van der Waals surface area contributed by atoms with E-state index >= 15 is 0 Å². The second-order valence-corrected chi connectivity index (χ2v) is 10.5. The molecule has 35 heavy (non-hydrogen) atoms. The Bertz CT molecular complexity index is 1200. The summed E-state index contributed by atoms with van der Waals surface area (Å²) in [5.41, 5.74) is 2.07. The molecule has 1 aliphatic heterocycles. The number of carbonyl (C=O) groups is 1. The molecule has 1 amide bonds. The van der Waals surface area contributed by atoms with Gasteiger partial charge in [-0.15, -0.1) is 0 Å². The topological polar surface area (TPSA) is 66.9 Å². The molecule has 184 valence electrons. The van der Waals surface area contributed by atoms with E-state index in [2.05, 4.69) is 0 Å². The monoisotopic (exact) mass is 496 g/mol. The quantitative estimate of drug-likeness (QED) is 0.462. The van der Waals surface area contributed by atoms with Gasteiger partial charge in [-0.25, -0.2) is 12.8 Å². The van der Waals surface area contributed by atoms with Crippen molar-refractivity contribution in [2.24, 2.45) is 5.92 Å². The van der Waals surface area contributed by atoms with Crippen molar-refractivity contribution in [2.45, 2.75) is 30.8 Å². The molecule has 6 nitrogen and oxygen atoms in total. The molecule has 0 unspecified atom stereocenters. The van der Waals surface area contributed by atoms with E-state index in [0.717, 1.165) is 23.3 Å². The number of methoxy groups -OCH3 is 1. The number of sulfonamides is 1. The molecule has 1 heterocycles. The van der Waals surface area contributed by atoms with Crippen LogP contribution in [-0.2, 0) is 27.9 Å². The van der Waals surface area contributed by atoms with Gasteiger partial charge in [0.25, 0.3) is 0 Å². The minimum atomic E-state index is -3.95. The highest BCUT2D eigenvalue weighted by Crippen LogP contribution is 2.31. The number of nitrogens with zero attached hydrogens (tertiary/aromatic N) is 2. The molecular formula is C27H29FN2O4S. The van der Waals surface area contributed by atoms with Crippen molar-refractivity contribution in [1.82, 2.24) is 9.21 Å². The van der Waals surface area contributed by atoms with Crippen LogP contribution in [0.15, 0.2) is 83.8 Å². The fraction of sp³-hybridized carbons (Fsp3) is 0.296. The molecule has 0 atom stereocenters. The number of hydrogen-bond donors (Lipinski definition) is 0. The summed E-state index contributed by atoms with van der Waals surface area (Å²) < 4.78 is 46.7. The lowest BCUT2D eigenvalue weighted by molar-refractivity contribution is -0.138. The van der Waals surface area contributed by atoms with Gasteiger partial charge >= 0.3 is 0 Å². The first-order valence-corrected chi connectivity index (χ1v) is 13.0. The van der Waals surface area contributed by atoms with Gasteiger partial charge in [0.1, 0.15) is 16.5 Å². The molecule has 8 heteroatoms. The number of benzene rings is 3. The largest absolute Gasteiger partial charge is 0.495 e. The van der Waals surface area contributed by atoms with Gasteiger partial charge in [0.05, 0.1) is 7.11 Å². The molecule has 3 aromatic carbocycles. The van der Waals surface area contributed by atoms with Gasteiger partial charge in [-0.05, 0) is 42.2 Å². The molecule has 1 aliphatic rings. The van der Waals surface area contributed by atoms with E-state index in [4.69, 9.17) is 4.74 Å². The predicted octanol–water partition coefficient (Wildman–Crippen LogP) is 4.46. The number of carbonyl (C=O) groups excluding carboxylic acids is 1. The summed E-state index contributed by atoms with van der Waals surface area (Å²) in [7, 11) is -2.60. The highest BCUT2D eigenvalue weighted by molar-refractivity contribution is 7.89. The second-order valence-electron chi connectivity index (χ2n) is 8.64. The Morgan fingerprint density at radius 3 is 2.00 bits per heavy atom. The molecule has 4 rings (SSSR count). The van der Waals surface area contributed by atoms with Crippen molar-refractivity contribution in [3.8, 4) is 5.75 Å². The zero-order valence-electron chi connectivity index (χ0n) is 19.6. The van der Waals surface area contributed by atoms with Crippen molar-refractivity contribution in [2.75, 3.05) is 20.2 Å². The van der Waals surface area contributed by atoms with E-state index in [1.54, 1.807) is 0 Å². The molecule has 0 radical (unpaired) electrons. The highest BCUT2D eigenvalue weighted by Gasteiger charge is 2.35. The zero-order valence-corrected chi connectivity index (χ0v) is 20.5. The van der Waals surface area contributed by atoms with Crippen LogP contribution in [0.1, 0.15) is 24.0 Å². The van der Waals surface area contributed by atoms with Crippen molar-refractivity contribution < 1.29 is 22.3 Å². The van der Waals surface area contributed by atoms with Gasteiger partial charge in [-0.1, -0.05) is 60.7 Å². The maximum Gasteiger partial charge on any atom is 0.246 e. The van der Waals surface area contributed by atoms with Gasteiger partial charge in [0.15, 0.2) is 0 Å². The lowest BCUT2D eigenvalue weighted by atomic mass is 9.96. The minimum absolute atomic E-state index is 0.0121. The Hall–Kier alpha value is -3.23. The Kier molecular flexibility index (Phi) is 7.83. The molecule has 0 bridgehead atoms. The normalized spacial score (nSPS) is 15.0. The summed E-state index contributed by atoms with van der Waals surface area (Å²) in [5, 5.41) is 0. The summed E-state index contributed by atoms with van der Waals surface area (Å²) in [6, 6.07) is 23.1. The molecule has 3 aromatic rings. The van der Waals surface area contributed by atoms with Gasteiger partial charge in [0.2, 0.25) is 15.9 Å². The van der Waals surface area contributed by atoms with Crippen molar-refractivity contribution in [3.05, 3.63) is 95.8 Å². The van der Waals surface area contributed by atoms with E-state index in [1.807, 2.05) is 65.6 Å². The van der Waals surface area contributed by atoms with Crippen LogP contribution in [0, 0.1) is 11.7 Å². The lowest BCUT2D eigenvalue weighted by Gasteiger charge is -2.34. The van der Waals surface area contributed by atoms with Crippen molar-refractivity contribution in [3.63, 3.8) is 0 Å². The number of piperidine rings is 1.